The van der Waals surface area contributed by atoms with Crippen LogP contribution in [0.1, 0.15) is 0 Å². The highest BCUT2D eigenvalue weighted by atomic mass is 19.4. The third-order valence-corrected chi connectivity index (χ3v) is 3.73. The van der Waals surface area contributed by atoms with E-state index in [-0.39, 0.29) is 18.2 Å². The molecule has 0 radical (unpaired) electrons. The van der Waals surface area contributed by atoms with E-state index in [0.717, 1.165) is 23.0 Å². The zero-order chi connectivity index (χ0) is 19.4. The van der Waals surface area contributed by atoms with Crippen LogP contribution in [-0.2, 0) is 4.79 Å². The normalized spacial score (nSPS) is 11.3. The minimum absolute atomic E-state index is 0.0339. The van der Waals surface area contributed by atoms with Gasteiger partial charge in [0.15, 0.2) is 0 Å². The number of carbonyl (C=O) groups excluding carboxylic acids is 1. The topological polar surface area (TPSA) is 54.5 Å². The second-order valence-corrected chi connectivity index (χ2v) is 5.84. The lowest BCUT2D eigenvalue weighted by Gasteiger charge is -2.18. The molecule has 0 atom stereocenters. The van der Waals surface area contributed by atoms with Crippen LogP contribution in [0, 0.1) is 0 Å². The number of hydrogen-bond donors (Lipinski definition) is 1. The van der Waals surface area contributed by atoms with Crippen molar-refractivity contribution < 1.29 is 22.7 Å². The summed E-state index contributed by atoms with van der Waals surface area (Å²) in [4.78, 5) is 18.4. The Hall–Kier alpha value is -3.29. The maximum absolute atomic E-state index is 12.2. The molecule has 5 nitrogen and oxygen atoms in total. The molecular weight excluding hydrogens is 359 g/mol. The lowest BCUT2D eigenvalue weighted by Crippen LogP contribution is -2.30. The molecule has 2 aromatic carbocycles. The van der Waals surface area contributed by atoms with E-state index in [9.17, 15) is 18.0 Å². The van der Waals surface area contributed by atoms with Crippen molar-refractivity contribution in [1.82, 2.24) is 4.98 Å². The molecule has 3 aromatic rings. The first-order valence-electron chi connectivity index (χ1n) is 8.03. The lowest BCUT2D eigenvalue weighted by molar-refractivity contribution is -0.274. The van der Waals surface area contributed by atoms with Crippen LogP contribution in [-0.4, -0.2) is 30.8 Å². The summed E-state index contributed by atoms with van der Waals surface area (Å²) in [5, 5.41) is 3.62. The number of alkyl halides is 3. The number of fused-ring (bicyclic) bond motifs is 1. The summed E-state index contributed by atoms with van der Waals surface area (Å²) in [6.07, 6.45) is -4.75. The molecule has 1 aromatic heterocycles. The Morgan fingerprint density at radius 1 is 1.07 bits per heavy atom. The van der Waals surface area contributed by atoms with Crippen molar-refractivity contribution in [2.45, 2.75) is 6.36 Å². The third-order valence-electron chi connectivity index (χ3n) is 3.73. The maximum atomic E-state index is 12.2. The number of likely N-dealkylation sites (N-methyl/N-ethyl adjacent to an activating group) is 1. The van der Waals surface area contributed by atoms with Crippen LogP contribution in [0.3, 0.4) is 0 Å². The Morgan fingerprint density at radius 2 is 1.78 bits per heavy atom. The van der Waals surface area contributed by atoms with Crippen LogP contribution < -0.4 is 15.0 Å². The van der Waals surface area contributed by atoms with Crippen LogP contribution in [0.4, 0.5) is 24.7 Å². The van der Waals surface area contributed by atoms with Crippen molar-refractivity contribution in [3.05, 3.63) is 60.7 Å². The largest absolute Gasteiger partial charge is 0.573 e. The van der Waals surface area contributed by atoms with Gasteiger partial charge in [-0.2, -0.15) is 0 Å². The van der Waals surface area contributed by atoms with Crippen molar-refractivity contribution in [1.29, 1.82) is 0 Å². The van der Waals surface area contributed by atoms with Crippen molar-refractivity contribution in [3.63, 3.8) is 0 Å². The quantitative estimate of drug-likeness (QED) is 0.726. The molecule has 8 heteroatoms. The molecule has 0 aliphatic heterocycles. The van der Waals surface area contributed by atoms with Crippen LogP contribution in [0.2, 0.25) is 0 Å². The summed E-state index contributed by atoms with van der Waals surface area (Å²) in [6, 6.07) is 16.3. The summed E-state index contributed by atoms with van der Waals surface area (Å²) in [7, 11) is 1.73. The molecule has 0 unspecified atom stereocenters. The van der Waals surface area contributed by atoms with Crippen LogP contribution in [0.25, 0.3) is 10.9 Å². The summed E-state index contributed by atoms with van der Waals surface area (Å²) >= 11 is 0. The van der Waals surface area contributed by atoms with Crippen molar-refractivity contribution >= 4 is 28.3 Å². The van der Waals surface area contributed by atoms with Crippen molar-refractivity contribution in [2.75, 3.05) is 23.8 Å². The fourth-order valence-electron chi connectivity index (χ4n) is 2.50. The van der Waals surface area contributed by atoms with Crippen LogP contribution >= 0.6 is 0 Å². The standard InChI is InChI=1S/C19H16F3N3O2/c1-25(17-11-6-13-4-2-3-5-16(13)24-17)12-18(26)23-14-7-9-15(10-8-14)27-19(20,21)22/h2-11H,12H2,1H3,(H,23,26). The molecule has 0 saturated heterocycles. The van der Waals surface area contributed by atoms with Crippen molar-refractivity contribution in [2.24, 2.45) is 0 Å². The highest BCUT2D eigenvalue weighted by molar-refractivity contribution is 5.94. The number of pyridine rings is 1. The fraction of sp³-hybridized carbons (Fsp3) is 0.158. The molecule has 3 rings (SSSR count). The number of halogens is 3. The van der Waals surface area contributed by atoms with Gasteiger partial charge in [0.25, 0.3) is 0 Å². The van der Waals surface area contributed by atoms with E-state index >= 15 is 0 Å². The maximum Gasteiger partial charge on any atom is 0.573 e. The number of carbonyl (C=O) groups is 1. The van der Waals surface area contributed by atoms with Gasteiger partial charge < -0.3 is 15.0 Å². The van der Waals surface area contributed by atoms with Gasteiger partial charge in [0, 0.05) is 18.1 Å². The number of hydrogen-bond acceptors (Lipinski definition) is 4. The molecule has 0 fully saturated rings. The summed E-state index contributed by atoms with van der Waals surface area (Å²) < 4.78 is 40.2. The Bertz CT molecular complexity index is 943. The van der Waals surface area contributed by atoms with E-state index in [1.54, 1.807) is 11.9 Å². The number of nitrogens with zero attached hydrogens (tertiary/aromatic N) is 2. The monoisotopic (exact) mass is 375 g/mol. The number of aromatic nitrogens is 1. The predicted molar refractivity (Wildman–Crippen MR) is 96.8 cm³/mol. The van der Waals surface area contributed by atoms with E-state index < -0.39 is 6.36 Å². The van der Waals surface area contributed by atoms with Crippen LogP contribution in [0.5, 0.6) is 5.75 Å². The number of anilines is 2. The second-order valence-electron chi connectivity index (χ2n) is 5.84. The molecule has 1 N–H and O–H groups in total. The average molecular weight is 375 g/mol. The Kier molecular flexibility index (Phi) is 5.16. The first-order chi connectivity index (χ1) is 12.8. The van der Waals surface area contributed by atoms with E-state index in [0.29, 0.717) is 11.5 Å². The zero-order valence-electron chi connectivity index (χ0n) is 14.3. The minimum Gasteiger partial charge on any atom is -0.406 e. The highest BCUT2D eigenvalue weighted by Crippen LogP contribution is 2.24. The zero-order valence-corrected chi connectivity index (χ0v) is 14.3. The van der Waals surface area contributed by atoms with Gasteiger partial charge in [-0.15, -0.1) is 13.2 Å². The molecular formula is C19H16F3N3O2. The number of rotatable bonds is 5. The first-order valence-corrected chi connectivity index (χ1v) is 8.03. The molecule has 27 heavy (non-hydrogen) atoms. The van der Waals surface area contributed by atoms with Crippen LogP contribution in [0.15, 0.2) is 60.7 Å². The van der Waals surface area contributed by atoms with Gasteiger partial charge in [-0.1, -0.05) is 18.2 Å². The molecule has 0 bridgehead atoms. The molecule has 0 spiro atoms. The van der Waals surface area contributed by atoms with E-state index in [1.807, 2.05) is 36.4 Å². The van der Waals surface area contributed by atoms with Gasteiger partial charge in [0.05, 0.1) is 12.1 Å². The van der Waals surface area contributed by atoms with Gasteiger partial charge in [0.1, 0.15) is 11.6 Å². The number of amides is 1. The molecule has 140 valence electrons. The molecule has 0 aliphatic carbocycles. The molecule has 0 aliphatic rings. The Labute approximate surface area is 153 Å². The van der Waals surface area contributed by atoms with E-state index in [4.69, 9.17) is 0 Å². The first kappa shape index (κ1) is 18.5. The number of ether oxygens (including phenoxy) is 1. The third kappa shape index (κ3) is 5.10. The molecule has 0 saturated carbocycles. The smallest absolute Gasteiger partial charge is 0.406 e. The summed E-state index contributed by atoms with van der Waals surface area (Å²) in [5.41, 5.74) is 1.19. The summed E-state index contributed by atoms with van der Waals surface area (Å²) in [5.74, 6) is -0.0345. The number of para-hydroxylation sites is 1. The SMILES string of the molecule is CN(CC(=O)Nc1ccc(OC(F)(F)F)cc1)c1ccc2ccccc2n1. The number of nitrogens with one attached hydrogen (secondary N) is 1. The van der Waals surface area contributed by atoms with Gasteiger partial charge in [0.2, 0.25) is 5.91 Å². The highest BCUT2D eigenvalue weighted by Gasteiger charge is 2.30. The average Bonchev–Trinajstić information content (AvgIpc) is 2.61. The second kappa shape index (κ2) is 7.53. The Morgan fingerprint density at radius 3 is 2.48 bits per heavy atom. The van der Waals surface area contributed by atoms with Crippen molar-refractivity contribution in [3.8, 4) is 5.75 Å². The number of benzene rings is 2. The van der Waals surface area contributed by atoms with Gasteiger partial charge in [-0.05, 0) is 42.5 Å². The summed E-state index contributed by atoms with van der Waals surface area (Å²) in [6.45, 7) is 0.0339. The van der Waals surface area contributed by atoms with E-state index in [2.05, 4.69) is 15.0 Å². The minimum atomic E-state index is -4.75. The fourth-order valence-corrected chi connectivity index (χ4v) is 2.50. The van der Waals surface area contributed by atoms with Gasteiger partial charge >= 0.3 is 6.36 Å². The van der Waals surface area contributed by atoms with Gasteiger partial charge in [-0.25, -0.2) is 4.98 Å². The molecule has 1 amide bonds. The molecule has 1 heterocycles. The predicted octanol–water partition coefficient (Wildman–Crippen LogP) is 4.21. The van der Waals surface area contributed by atoms with E-state index in [1.165, 1.54) is 12.1 Å². The lowest BCUT2D eigenvalue weighted by atomic mass is 10.2. The van der Waals surface area contributed by atoms with Gasteiger partial charge in [-0.3, -0.25) is 4.79 Å². The Balaban J connectivity index is 1.61.